The smallest absolute Gasteiger partial charge is 0.258 e. The summed E-state index contributed by atoms with van der Waals surface area (Å²) < 4.78 is 0. The fourth-order valence-electron chi connectivity index (χ4n) is 1.56. The molecule has 0 radical (unpaired) electrons. The number of nitrogens with zero attached hydrogens (tertiary/aromatic N) is 1. The summed E-state index contributed by atoms with van der Waals surface area (Å²) in [6.45, 7) is 8.15. The summed E-state index contributed by atoms with van der Waals surface area (Å²) >= 11 is 0. The second-order valence-corrected chi connectivity index (χ2v) is 4.35. The van der Waals surface area contributed by atoms with Gasteiger partial charge in [-0.25, -0.2) is 0 Å². The predicted octanol–water partition coefficient (Wildman–Crippen LogP) is 3.66. The molecule has 0 heterocycles. The van der Waals surface area contributed by atoms with Crippen LogP contribution < -0.4 is 0 Å². The zero-order valence-electron chi connectivity index (χ0n) is 9.65. The SMILES string of the molecule is Cc1ccc([N+](=O)[O-])c(C(C)C(C)C)c1. The molecule has 3 nitrogen and oxygen atoms in total. The summed E-state index contributed by atoms with van der Waals surface area (Å²) in [6.07, 6.45) is 0. The van der Waals surface area contributed by atoms with E-state index in [1.807, 2.05) is 19.9 Å². The quantitative estimate of drug-likeness (QED) is 0.560. The van der Waals surface area contributed by atoms with E-state index in [1.54, 1.807) is 12.1 Å². The van der Waals surface area contributed by atoms with Crippen LogP contribution in [0.2, 0.25) is 0 Å². The molecule has 1 aromatic rings. The Balaban J connectivity index is 3.24. The largest absolute Gasteiger partial charge is 0.272 e. The van der Waals surface area contributed by atoms with Crippen LogP contribution in [0, 0.1) is 23.0 Å². The first-order valence-electron chi connectivity index (χ1n) is 5.18. The molecule has 0 fully saturated rings. The molecule has 0 amide bonds. The fraction of sp³-hybridized carbons (Fsp3) is 0.500. The number of hydrogen-bond acceptors (Lipinski definition) is 2. The van der Waals surface area contributed by atoms with Gasteiger partial charge in [-0.3, -0.25) is 10.1 Å². The molecular weight excluding hydrogens is 190 g/mol. The van der Waals surface area contributed by atoms with Gasteiger partial charge in [0.25, 0.3) is 5.69 Å². The molecule has 0 saturated heterocycles. The second-order valence-electron chi connectivity index (χ2n) is 4.35. The van der Waals surface area contributed by atoms with Gasteiger partial charge in [0.1, 0.15) is 0 Å². The van der Waals surface area contributed by atoms with Crippen molar-refractivity contribution in [3.63, 3.8) is 0 Å². The standard InChI is InChI=1S/C12H17NO2/c1-8(2)10(4)11-7-9(3)5-6-12(11)13(14)15/h5-8,10H,1-4H3. The monoisotopic (exact) mass is 207 g/mol. The molecule has 1 aromatic carbocycles. The van der Waals surface area contributed by atoms with Crippen LogP contribution in [0.15, 0.2) is 18.2 Å². The summed E-state index contributed by atoms with van der Waals surface area (Å²) in [5.74, 6) is 0.621. The maximum absolute atomic E-state index is 10.9. The summed E-state index contributed by atoms with van der Waals surface area (Å²) in [6, 6.07) is 5.31. The van der Waals surface area contributed by atoms with Crippen molar-refractivity contribution in [2.45, 2.75) is 33.6 Å². The molecule has 0 aliphatic carbocycles. The molecule has 1 atom stereocenters. The maximum atomic E-state index is 10.9. The van der Waals surface area contributed by atoms with Crippen molar-refractivity contribution in [2.75, 3.05) is 0 Å². The van der Waals surface area contributed by atoms with Crippen molar-refractivity contribution in [3.05, 3.63) is 39.4 Å². The van der Waals surface area contributed by atoms with Crippen molar-refractivity contribution < 1.29 is 4.92 Å². The van der Waals surface area contributed by atoms with Crippen LogP contribution in [0.5, 0.6) is 0 Å². The normalized spacial score (nSPS) is 12.9. The van der Waals surface area contributed by atoms with Gasteiger partial charge in [-0.05, 0) is 24.8 Å². The Bertz CT molecular complexity index is 372. The highest BCUT2D eigenvalue weighted by atomic mass is 16.6. The van der Waals surface area contributed by atoms with Crippen LogP contribution in [-0.2, 0) is 0 Å². The number of benzene rings is 1. The first kappa shape index (κ1) is 11.7. The number of hydrogen-bond donors (Lipinski definition) is 0. The van der Waals surface area contributed by atoms with Gasteiger partial charge in [-0.1, -0.05) is 32.4 Å². The van der Waals surface area contributed by atoms with Crippen LogP contribution in [0.1, 0.15) is 37.8 Å². The summed E-state index contributed by atoms with van der Waals surface area (Å²) in [5, 5.41) is 10.9. The van der Waals surface area contributed by atoms with E-state index in [-0.39, 0.29) is 16.5 Å². The highest BCUT2D eigenvalue weighted by Gasteiger charge is 2.20. The van der Waals surface area contributed by atoms with Crippen LogP contribution >= 0.6 is 0 Å². The van der Waals surface area contributed by atoms with Gasteiger partial charge in [0.2, 0.25) is 0 Å². The minimum Gasteiger partial charge on any atom is -0.258 e. The van der Waals surface area contributed by atoms with E-state index in [1.165, 1.54) is 0 Å². The Morgan fingerprint density at radius 2 is 1.87 bits per heavy atom. The lowest BCUT2D eigenvalue weighted by atomic mass is 9.88. The van der Waals surface area contributed by atoms with Gasteiger partial charge in [0.05, 0.1) is 4.92 Å². The Kier molecular flexibility index (Phi) is 3.45. The molecular formula is C12H17NO2. The lowest BCUT2D eigenvalue weighted by molar-refractivity contribution is -0.385. The molecule has 1 rings (SSSR count). The van der Waals surface area contributed by atoms with E-state index < -0.39 is 0 Å². The third-order valence-electron chi connectivity index (χ3n) is 2.87. The molecule has 82 valence electrons. The lowest BCUT2D eigenvalue weighted by Crippen LogP contribution is -2.06. The number of nitro benzene ring substituents is 1. The van der Waals surface area contributed by atoms with Gasteiger partial charge >= 0.3 is 0 Å². The first-order valence-corrected chi connectivity index (χ1v) is 5.18. The van der Waals surface area contributed by atoms with Crippen molar-refractivity contribution >= 4 is 5.69 Å². The third-order valence-corrected chi connectivity index (χ3v) is 2.87. The van der Waals surface area contributed by atoms with Crippen molar-refractivity contribution in [1.29, 1.82) is 0 Å². The second kappa shape index (κ2) is 4.43. The van der Waals surface area contributed by atoms with Gasteiger partial charge in [0.15, 0.2) is 0 Å². The Labute approximate surface area is 90.3 Å². The maximum Gasteiger partial charge on any atom is 0.272 e. The molecule has 0 aliphatic heterocycles. The van der Waals surface area contributed by atoms with Crippen LogP contribution in [-0.4, -0.2) is 4.92 Å². The number of aryl methyl sites for hydroxylation is 1. The fourth-order valence-corrected chi connectivity index (χ4v) is 1.56. The average molecular weight is 207 g/mol. The highest BCUT2D eigenvalue weighted by molar-refractivity contribution is 5.44. The molecule has 0 spiro atoms. The van der Waals surface area contributed by atoms with Gasteiger partial charge < -0.3 is 0 Å². The highest BCUT2D eigenvalue weighted by Crippen LogP contribution is 2.31. The van der Waals surface area contributed by atoms with E-state index in [0.717, 1.165) is 11.1 Å². The van der Waals surface area contributed by atoms with E-state index in [9.17, 15) is 10.1 Å². The molecule has 1 unspecified atom stereocenters. The first-order chi connectivity index (χ1) is 6.93. The third kappa shape index (κ3) is 2.55. The molecule has 0 N–H and O–H groups in total. The van der Waals surface area contributed by atoms with Crippen LogP contribution in [0.3, 0.4) is 0 Å². The van der Waals surface area contributed by atoms with E-state index in [0.29, 0.717) is 5.92 Å². The molecule has 3 heteroatoms. The minimum absolute atomic E-state index is 0.213. The molecule has 0 aliphatic rings. The van der Waals surface area contributed by atoms with E-state index in [2.05, 4.69) is 13.8 Å². The molecule has 0 saturated carbocycles. The minimum atomic E-state index is -0.298. The predicted molar refractivity (Wildman–Crippen MR) is 61.1 cm³/mol. The average Bonchev–Trinajstić information content (AvgIpc) is 2.15. The van der Waals surface area contributed by atoms with E-state index >= 15 is 0 Å². The van der Waals surface area contributed by atoms with Crippen molar-refractivity contribution in [1.82, 2.24) is 0 Å². The van der Waals surface area contributed by atoms with Gasteiger partial charge in [0, 0.05) is 11.6 Å². The Morgan fingerprint density at radius 1 is 1.27 bits per heavy atom. The molecule has 0 bridgehead atoms. The Morgan fingerprint density at radius 3 is 2.33 bits per heavy atom. The topological polar surface area (TPSA) is 43.1 Å². The zero-order chi connectivity index (χ0) is 11.6. The lowest BCUT2D eigenvalue weighted by Gasteiger charge is -2.16. The van der Waals surface area contributed by atoms with Crippen molar-refractivity contribution in [3.8, 4) is 0 Å². The van der Waals surface area contributed by atoms with Gasteiger partial charge in [-0.2, -0.15) is 0 Å². The van der Waals surface area contributed by atoms with Crippen molar-refractivity contribution in [2.24, 2.45) is 5.92 Å². The summed E-state index contributed by atoms with van der Waals surface area (Å²) in [5.41, 5.74) is 2.15. The number of nitro groups is 1. The van der Waals surface area contributed by atoms with E-state index in [4.69, 9.17) is 0 Å². The summed E-state index contributed by atoms with van der Waals surface area (Å²) in [4.78, 5) is 10.6. The van der Waals surface area contributed by atoms with Crippen LogP contribution in [0.25, 0.3) is 0 Å². The molecule has 0 aromatic heterocycles. The molecule has 15 heavy (non-hydrogen) atoms. The zero-order valence-corrected chi connectivity index (χ0v) is 9.65. The number of rotatable bonds is 3. The van der Waals surface area contributed by atoms with Crippen LogP contribution in [0.4, 0.5) is 5.69 Å². The van der Waals surface area contributed by atoms with Gasteiger partial charge in [-0.15, -0.1) is 0 Å². The summed E-state index contributed by atoms with van der Waals surface area (Å²) in [7, 11) is 0. The Hall–Kier alpha value is -1.38.